The number of quaternary nitrogens is 1. The summed E-state index contributed by atoms with van der Waals surface area (Å²) < 4.78 is 18.8. The Labute approximate surface area is 395 Å². The van der Waals surface area contributed by atoms with Crippen LogP contribution in [0, 0.1) is 0 Å². The number of carbonyl (C=O) groups excluding carboxylic acids is 4. The topological polar surface area (TPSA) is 96.0 Å². The zero-order valence-electron chi connectivity index (χ0n) is 42.9. The van der Waals surface area contributed by atoms with Gasteiger partial charge in [-0.25, -0.2) is 0 Å². The molecule has 0 aromatic carbocycles. The van der Waals surface area contributed by atoms with Crippen LogP contribution >= 0.6 is 0 Å². The molecule has 0 radical (unpaired) electrons. The first-order valence-electron chi connectivity index (χ1n) is 27.1. The van der Waals surface area contributed by atoms with Crippen molar-refractivity contribution in [3.63, 3.8) is 0 Å². The van der Waals surface area contributed by atoms with E-state index in [1.807, 2.05) is 0 Å². The molecule has 0 aliphatic heterocycles. The second-order valence-electron chi connectivity index (χ2n) is 19.5. The van der Waals surface area contributed by atoms with Gasteiger partial charge in [0.05, 0.1) is 33.9 Å². The maximum atomic E-state index is 12.4. The van der Waals surface area contributed by atoms with Crippen LogP contribution in [-0.4, -0.2) is 87.5 Å². The summed E-state index contributed by atoms with van der Waals surface area (Å²) in [5.74, 6) is -0.488. The van der Waals surface area contributed by atoms with E-state index in [1.54, 1.807) is 0 Å². The molecular formula is C56H104NO7+. The number of allylic oxidation sites excluding steroid dienone is 4. The molecule has 0 bridgehead atoms. The zero-order valence-corrected chi connectivity index (χ0v) is 42.9. The van der Waals surface area contributed by atoms with E-state index >= 15 is 0 Å². The summed E-state index contributed by atoms with van der Waals surface area (Å²) >= 11 is 0. The van der Waals surface area contributed by atoms with Crippen molar-refractivity contribution in [1.29, 1.82) is 0 Å². The van der Waals surface area contributed by atoms with Crippen LogP contribution in [0.2, 0.25) is 0 Å². The summed E-state index contributed by atoms with van der Waals surface area (Å²) in [7, 11) is 4.47. The fourth-order valence-electron chi connectivity index (χ4n) is 8.07. The predicted octanol–water partition coefficient (Wildman–Crippen LogP) is 14.9. The number of rotatable bonds is 51. The minimum absolute atomic E-state index is 0.0266. The van der Waals surface area contributed by atoms with Gasteiger partial charge in [0, 0.05) is 51.7 Å². The highest BCUT2D eigenvalue weighted by Gasteiger charge is 2.23. The van der Waals surface area contributed by atoms with Crippen LogP contribution in [0.5, 0.6) is 0 Å². The molecule has 8 nitrogen and oxygen atoms in total. The molecule has 374 valence electrons. The predicted molar refractivity (Wildman–Crippen MR) is 270 cm³/mol. The summed E-state index contributed by atoms with van der Waals surface area (Å²) in [5.41, 5.74) is 0. The number of ether oxygens (including phenoxy) is 3. The van der Waals surface area contributed by atoms with Crippen LogP contribution in [0.4, 0.5) is 0 Å². The van der Waals surface area contributed by atoms with E-state index in [0.717, 1.165) is 56.5 Å². The Balaban J connectivity index is 4.45. The molecule has 0 spiro atoms. The first-order chi connectivity index (χ1) is 31.1. The first-order valence-corrected chi connectivity index (χ1v) is 27.1. The van der Waals surface area contributed by atoms with Gasteiger partial charge in [0.2, 0.25) is 0 Å². The van der Waals surface area contributed by atoms with Crippen molar-refractivity contribution in [2.75, 3.05) is 53.6 Å². The zero-order chi connectivity index (χ0) is 47.0. The number of nitrogens with zero attached hydrogens (tertiary/aromatic N) is 1. The molecule has 1 unspecified atom stereocenters. The highest BCUT2D eigenvalue weighted by Crippen LogP contribution is 2.14. The molecule has 0 rings (SSSR count). The summed E-state index contributed by atoms with van der Waals surface area (Å²) in [5, 5.41) is 0. The Hall–Kier alpha value is -2.16. The van der Waals surface area contributed by atoms with E-state index < -0.39 is 0 Å². The number of Topliss-reactive ketones (excluding diaryl/α,β-unsaturated/α-hetero) is 3. The van der Waals surface area contributed by atoms with Crippen molar-refractivity contribution in [2.24, 2.45) is 0 Å². The van der Waals surface area contributed by atoms with E-state index in [1.165, 1.54) is 174 Å². The first kappa shape index (κ1) is 61.8. The minimum atomic E-state index is -0.285. The largest absolute Gasteiger partial charge is 0.465 e. The quantitative estimate of drug-likeness (QED) is 0.0260. The third kappa shape index (κ3) is 47.8. The third-order valence-electron chi connectivity index (χ3n) is 12.3. The van der Waals surface area contributed by atoms with Gasteiger partial charge in [-0.1, -0.05) is 154 Å². The molecule has 0 N–H and O–H groups in total. The lowest BCUT2D eigenvalue weighted by Gasteiger charge is -2.33. The molecule has 0 aliphatic carbocycles. The lowest BCUT2D eigenvalue weighted by Crippen LogP contribution is -2.48. The van der Waals surface area contributed by atoms with Gasteiger partial charge in [0.15, 0.2) is 0 Å². The average Bonchev–Trinajstić information content (AvgIpc) is 3.26. The van der Waals surface area contributed by atoms with Crippen LogP contribution in [0.15, 0.2) is 24.3 Å². The third-order valence-corrected chi connectivity index (χ3v) is 12.3. The molecule has 1 atom stereocenters. The number of carbonyl (C=O) groups is 4. The highest BCUT2D eigenvalue weighted by molar-refractivity contribution is 5.88. The highest BCUT2D eigenvalue weighted by atomic mass is 16.5. The maximum absolute atomic E-state index is 12.4. The Bertz CT molecular complexity index is 1150. The Morgan fingerprint density at radius 2 is 0.875 bits per heavy atom. The van der Waals surface area contributed by atoms with E-state index in [0.29, 0.717) is 13.0 Å². The molecule has 8 heteroatoms. The van der Waals surface area contributed by atoms with E-state index in [4.69, 9.17) is 14.2 Å². The van der Waals surface area contributed by atoms with Crippen molar-refractivity contribution < 1.29 is 37.9 Å². The Morgan fingerprint density at radius 1 is 0.453 bits per heavy atom. The van der Waals surface area contributed by atoms with Crippen molar-refractivity contribution in [3.8, 4) is 0 Å². The Kier molecular flexibility index (Phi) is 45.7. The van der Waals surface area contributed by atoms with Crippen LogP contribution in [0.3, 0.4) is 0 Å². The number of likely N-dealkylation sites (N-methyl/N-ethyl adjacent to an activating group) is 1. The molecule has 64 heavy (non-hydrogen) atoms. The second-order valence-corrected chi connectivity index (χ2v) is 19.5. The van der Waals surface area contributed by atoms with Crippen molar-refractivity contribution in [2.45, 2.75) is 258 Å². The molecular weight excluding hydrogens is 799 g/mol. The molecule has 0 aromatic rings. The Morgan fingerprint density at radius 3 is 1.36 bits per heavy atom. The van der Waals surface area contributed by atoms with Crippen molar-refractivity contribution in [3.05, 3.63) is 24.3 Å². The second kappa shape index (κ2) is 47.3. The van der Waals surface area contributed by atoms with Gasteiger partial charge in [-0.05, 0) is 84.0 Å². The monoisotopic (exact) mass is 903 g/mol. The van der Waals surface area contributed by atoms with E-state index in [-0.39, 0.29) is 68.1 Å². The van der Waals surface area contributed by atoms with Gasteiger partial charge in [-0.2, -0.15) is 0 Å². The van der Waals surface area contributed by atoms with Crippen molar-refractivity contribution >= 4 is 23.3 Å². The lowest BCUT2D eigenvalue weighted by atomic mass is 10.1. The van der Waals surface area contributed by atoms with Crippen LogP contribution in [0.25, 0.3) is 0 Å². The fraction of sp³-hybridized carbons (Fsp3) is 0.857. The molecule has 0 aliphatic rings. The number of ketones is 3. The van der Waals surface area contributed by atoms with Gasteiger partial charge in [-0.3, -0.25) is 14.4 Å². The number of unbranched alkanes of at least 4 members (excludes halogenated alkanes) is 25. The average molecular weight is 903 g/mol. The van der Waals surface area contributed by atoms with Gasteiger partial charge >= 0.3 is 5.97 Å². The number of hydrogen-bond donors (Lipinski definition) is 0. The van der Waals surface area contributed by atoms with E-state index in [2.05, 4.69) is 52.2 Å². The summed E-state index contributed by atoms with van der Waals surface area (Å²) in [6.45, 7) is 10.0. The summed E-state index contributed by atoms with van der Waals surface area (Å²) in [6.07, 6.45) is 48.8. The van der Waals surface area contributed by atoms with Crippen LogP contribution < -0.4 is 0 Å². The molecule has 0 saturated heterocycles. The minimum Gasteiger partial charge on any atom is -0.465 e. The number of hydrogen-bond acceptors (Lipinski definition) is 7. The summed E-state index contributed by atoms with van der Waals surface area (Å²) in [4.78, 5) is 47.4. The molecule has 0 amide bonds. The van der Waals surface area contributed by atoms with Crippen molar-refractivity contribution in [1.82, 2.24) is 0 Å². The molecule has 0 heterocycles. The summed E-state index contributed by atoms with van der Waals surface area (Å²) in [6, 6.07) is 0. The van der Waals surface area contributed by atoms with Crippen LogP contribution in [-0.2, 0) is 33.4 Å². The molecule has 0 aromatic heterocycles. The standard InChI is InChI=1S/C56H104NO7/c1-6-8-10-12-14-16-18-20-22-24-26-28-30-32-34-38-47-62-51-55(63-48-39-35-33-31-29-27-25-23-21-19-17-15-13-11-9-7-2)50-57(4,5)46-37-36-40-56(61)64-49-45-54(60)44-43-53(59)42-41-52(3)58/h20-23,55H,6-19,24-51H2,1-5H3/q+1. The maximum Gasteiger partial charge on any atom is 0.305 e. The van der Waals surface area contributed by atoms with E-state index in [9.17, 15) is 19.2 Å². The normalized spacial score (nSPS) is 12.5. The fourth-order valence-corrected chi connectivity index (χ4v) is 8.07. The van der Waals surface area contributed by atoms with Gasteiger partial charge in [0.1, 0.15) is 30.0 Å². The molecule has 0 saturated carbocycles. The number of esters is 1. The smallest absolute Gasteiger partial charge is 0.305 e. The lowest BCUT2D eigenvalue weighted by molar-refractivity contribution is -0.893. The molecule has 0 fully saturated rings. The van der Waals surface area contributed by atoms with Crippen LogP contribution in [0.1, 0.15) is 252 Å². The van der Waals surface area contributed by atoms with Gasteiger partial charge in [0.25, 0.3) is 0 Å². The SMILES string of the molecule is CCCCCCCCC=CCCCCCCCCOCC(C[N+](C)(C)CCCCC(=O)OCCC(=O)CCC(=O)CCC(C)=O)OCCCCCCCCC=CCCCCCCCC. The van der Waals surface area contributed by atoms with Gasteiger partial charge < -0.3 is 23.5 Å². The van der Waals surface area contributed by atoms with Gasteiger partial charge in [-0.15, -0.1) is 0 Å².